The normalized spacial score (nSPS) is 15.8. The number of benzene rings is 1. The van der Waals surface area contributed by atoms with Crippen molar-refractivity contribution in [2.45, 2.75) is 25.7 Å². The van der Waals surface area contributed by atoms with Crippen molar-refractivity contribution in [3.63, 3.8) is 0 Å². The number of carbonyl (C=O) groups is 2. The van der Waals surface area contributed by atoms with Gasteiger partial charge in [-0.2, -0.15) is 0 Å². The van der Waals surface area contributed by atoms with Crippen LogP contribution in [0.3, 0.4) is 0 Å². The standard InChI is InChI=1S/C16H21FN2O2/c1-18-15(20)7-6-12-8-10-19(11-9-12)16(21)13-4-2-3-5-14(13)17/h2-5,12H,6-11H2,1H3,(H,18,20). The third-order valence-electron chi connectivity index (χ3n) is 4.06. The zero-order chi connectivity index (χ0) is 15.2. The molecule has 0 unspecified atom stereocenters. The zero-order valence-electron chi connectivity index (χ0n) is 12.3. The highest BCUT2D eigenvalue weighted by molar-refractivity contribution is 5.94. The third-order valence-corrected chi connectivity index (χ3v) is 4.06. The van der Waals surface area contributed by atoms with E-state index in [1.165, 1.54) is 12.1 Å². The fourth-order valence-electron chi connectivity index (χ4n) is 2.69. The molecule has 0 atom stereocenters. The number of likely N-dealkylation sites (tertiary alicyclic amines) is 1. The van der Waals surface area contributed by atoms with E-state index in [2.05, 4.69) is 5.32 Å². The van der Waals surface area contributed by atoms with Gasteiger partial charge in [-0.25, -0.2) is 4.39 Å². The molecule has 1 aliphatic heterocycles. The number of hydrogen-bond donors (Lipinski definition) is 1. The van der Waals surface area contributed by atoms with E-state index in [9.17, 15) is 14.0 Å². The molecular formula is C16H21FN2O2. The Balaban J connectivity index is 1.85. The molecule has 0 aliphatic carbocycles. The lowest BCUT2D eigenvalue weighted by atomic mass is 9.91. The minimum Gasteiger partial charge on any atom is -0.359 e. The highest BCUT2D eigenvalue weighted by Crippen LogP contribution is 2.23. The van der Waals surface area contributed by atoms with Gasteiger partial charge in [0, 0.05) is 26.6 Å². The van der Waals surface area contributed by atoms with Crippen molar-refractivity contribution in [1.29, 1.82) is 0 Å². The van der Waals surface area contributed by atoms with Crippen LogP contribution in [0.4, 0.5) is 4.39 Å². The van der Waals surface area contributed by atoms with Gasteiger partial charge in [-0.05, 0) is 37.3 Å². The van der Waals surface area contributed by atoms with Crippen LogP contribution in [0.15, 0.2) is 24.3 Å². The van der Waals surface area contributed by atoms with Crippen LogP contribution in [0, 0.1) is 11.7 Å². The van der Waals surface area contributed by atoms with Crippen LogP contribution in [-0.2, 0) is 4.79 Å². The second kappa shape index (κ2) is 7.20. The van der Waals surface area contributed by atoms with Crippen molar-refractivity contribution in [2.75, 3.05) is 20.1 Å². The number of rotatable bonds is 4. The topological polar surface area (TPSA) is 49.4 Å². The van der Waals surface area contributed by atoms with E-state index in [-0.39, 0.29) is 17.4 Å². The van der Waals surface area contributed by atoms with Crippen LogP contribution in [0.1, 0.15) is 36.0 Å². The summed E-state index contributed by atoms with van der Waals surface area (Å²) in [4.78, 5) is 25.2. The lowest BCUT2D eigenvalue weighted by molar-refractivity contribution is -0.120. The summed E-state index contributed by atoms with van der Waals surface area (Å²) >= 11 is 0. The van der Waals surface area contributed by atoms with Gasteiger partial charge >= 0.3 is 0 Å². The Bertz CT molecular complexity index is 511. The maximum Gasteiger partial charge on any atom is 0.256 e. The van der Waals surface area contributed by atoms with Gasteiger partial charge in [-0.1, -0.05) is 12.1 Å². The van der Waals surface area contributed by atoms with E-state index < -0.39 is 5.82 Å². The Morgan fingerprint density at radius 2 is 1.95 bits per heavy atom. The molecule has 4 nitrogen and oxygen atoms in total. The third kappa shape index (κ3) is 4.03. The van der Waals surface area contributed by atoms with E-state index in [0.29, 0.717) is 25.4 Å². The largest absolute Gasteiger partial charge is 0.359 e. The van der Waals surface area contributed by atoms with Gasteiger partial charge in [0.15, 0.2) is 0 Å². The van der Waals surface area contributed by atoms with Gasteiger partial charge in [0.1, 0.15) is 5.82 Å². The molecule has 1 heterocycles. The summed E-state index contributed by atoms with van der Waals surface area (Å²) in [5.74, 6) is -0.186. The number of nitrogens with one attached hydrogen (secondary N) is 1. The lowest BCUT2D eigenvalue weighted by Gasteiger charge is -2.32. The fraction of sp³-hybridized carbons (Fsp3) is 0.500. The molecule has 1 N–H and O–H groups in total. The summed E-state index contributed by atoms with van der Waals surface area (Å²) in [6, 6.07) is 6.09. The molecule has 0 radical (unpaired) electrons. The van der Waals surface area contributed by atoms with E-state index in [4.69, 9.17) is 0 Å². The van der Waals surface area contributed by atoms with Crippen molar-refractivity contribution >= 4 is 11.8 Å². The molecule has 114 valence electrons. The summed E-state index contributed by atoms with van der Waals surface area (Å²) in [5.41, 5.74) is 0.140. The number of piperidine rings is 1. The van der Waals surface area contributed by atoms with Crippen LogP contribution >= 0.6 is 0 Å². The molecule has 1 aliphatic rings. The van der Waals surface area contributed by atoms with E-state index in [1.807, 2.05) is 0 Å². The molecule has 21 heavy (non-hydrogen) atoms. The SMILES string of the molecule is CNC(=O)CCC1CCN(C(=O)c2ccccc2F)CC1. The smallest absolute Gasteiger partial charge is 0.256 e. The van der Waals surface area contributed by atoms with Gasteiger partial charge in [-0.15, -0.1) is 0 Å². The first kappa shape index (κ1) is 15.5. The first-order valence-electron chi connectivity index (χ1n) is 7.36. The van der Waals surface area contributed by atoms with Crippen molar-refractivity contribution in [3.05, 3.63) is 35.6 Å². The zero-order valence-corrected chi connectivity index (χ0v) is 12.3. The maximum atomic E-state index is 13.6. The highest BCUT2D eigenvalue weighted by Gasteiger charge is 2.25. The Labute approximate surface area is 124 Å². The van der Waals surface area contributed by atoms with Gasteiger partial charge in [-0.3, -0.25) is 9.59 Å². The number of hydrogen-bond acceptors (Lipinski definition) is 2. The molecule has 1 aromatic rings. The molecular weight excluding hydrogens is 271 g/mol. The van der Waals surface area contributed by atoms with Crippen molar-refractivity contribution in [3.8, 4) is 0 Å². The lowest BCUT2D eigenvalue weighted by Crippen LogP contribution is -2.39. The van der Waals surface area contributed by atoms with Gasteiger partial charge in [0.25, 0.3) is 5.91 Å². The Morgan fingerprint density at radius 3 is 2.57 bits per heavy atom. The summed E-state index contributed by atoms with van der Waals surface area (Å²) in [7, 11) is 1.64. The molecule has 2 rings (SSSR count). The van der Waals surface area contributed by atoms with Gasteiger partial charge in [0.2, 0.25) is 5.91 Å². The maximum absolute atomic E-state index is 13.6. The number of carbonyl (C=O) groups excluding carboxylic acids is 2. The number of halogens is 1. The summed E-state index contributed by atoms with van der Waals surface area (Å²) in [6.07, 6.45) is 3.12. The Kier molecular flexibility index (Phi) is 5.31. The van der Waals surface area contributed by atoms with E-state index in [1.54, 1.807) is 24.1 Å². The highest BCUT2D eigenvalue weighted by atomic mass is 19.1. The first-order valence-corrected chi connectivity index (χ1v) is 7.36. The summed E-state index contributed by atoms with van der Waals surface area (Å²) < 4.78 is 13.6. The molecule has 1 aromatic carbocycles. The molecule has 0 aromatic heterocycles. The van der Waals surface area contributed by atoms with Gasteiger partial charge < -0.3 is 10.2 Å². The molecule has 5 heteroatoms. The Morgan fingerprint density at radius 1 is 1.29 bits per heavy atom. The van der Waals surface area contributed by atoms with Crippen LogP contribution in [0.5, 0.6) is 0 Å². The van der Waals surface area contributed by atoms with Gasteiger partial charge in [0.05, 0.1) is 5.56 Å². The average Bonchev–Trinajstić information content (AvgIpc) is 2.53. The Hall–Kier alpha value is -1.91. The fourth-order valence-corrected chi connectivity index (χ4v) is 2.69. The van der Waals surface area contributed by atoms with E-state index >= 15 is 0 Å². The molecule has 0 spiro atoms. The van der Waals surface area contributed by atoms with Crippen LogP contribution in [0.2, 0.25) is 0 Å². The molecule has 1 fully saturated rings. The quantitative estimate of drug-likeness (QED) is 0.925. The summed E-state index contributed by atoms with van der Waals surface area (Å²) in [5, 5.41) is 2.61. The summed E-state index contributed by atoms with van der Waals surface area (Å²) in [6.45, 7) is 1.26. The van der Waals surface area contributed by atoms with Crippen LogP contribution in [-0.4, -0.2) is 36.9 Å². The molecule has 2 amide bonds. The predicted molar refractivity (Wildman–Crippen MR) is 78.3 cm³/mol. The van der Waals surface area contributed by atoms with E-state index in [0.717, 1.165) is 19.3 Å². The molecule has 1 saturated heterocycles. The van der Waals surface area contributed by atoms with Crippen molar-refractivity contribution < 1.29 is 14.0 Å². The second-order valence-corrected chi connectivity index (χ2v) is 5.43. The van der Waals surface area contributed by atoms with Crippen LogP contribution in [0.25, 0.3) is 0 Å². The number of nitrogens with zero attached hydrogens (tertiary/aromatic N) is 1. The minimum atomic E-state index is -0.468. The van der Waals surface area contributed by atoms with Crippen LogP contribution < -0.4 is 5.32 Å². The monoisotopic (exact) mass is 292 g/mol. The minimum absolute atomic E-state index is 0.0554. The second-order valence-electron chi connectivity index (χ2n) is 5.43. The average molecular weight is 292 g/mol. The van der Waals surface area contributed by atoms with Crippen molar-refractivity contribution in [1.82, 2.24) is 10.2 Å². The number of amides is 2. The molecule has 0 saturated carbocycles. The first-order chi connectivity index (χ1) is 10.1. The molecule has 0 bridgehead atoms. The van der Waals surface area contributed by atoms with Crippen molar-refractivity contribution in [2.24, 2.45) is 5.92 Å². The predicted octanol–water partition coefficient (Wildman–Crippen LogP) is 2.20.